The third-order valence-corrected chi connectivity index (χ3v) is 5.68. The molecule has 1 N–H and O–H groups in total. The second-order valence-corrected chi connectivity index (χ2v) is 7.78. The number of likely N-dealkylation sites (N-methyl/N-ethyl adjacent to an activating group) is 1. The van der Waals surface area contributed by atoms with E-state index in [-0.39, 0.29) is 11.9 Å². The van der Waals surface area contributed by atoms with Gasteiger partial charge in [-0.25, -0.2) is 0 Å². The summed E-state index contributed by atoms with van der Waals surface area (Å²) in [7, 11) is 1.91. The van der Waals surface area contributed by atoms with Crippen molar-refractivity contribution in [1.82, 2.24) is 4.90 Å². The molecule has 0 saturated heterocycles. The van der Waals surface area contributed by atoms with E-state index in [0.717, 1.165) is 5.56 Å². The van der Waals surface area contributed by atoms with Crippen LogP contribution >= 0.6 is 46.6 Å². The first-order valence-electron chi connectivity index (χ1n) is 7.60. The Morgan fingerprint density at radius 1 is 1.12 bits per heavy atom. The van der Waals surface area contributed by atoms with Gasteiger partial charge in [-0.1, -0.05) is 46.9 Å². The third-order valence-electron chi connectivity index (χ3n) is 3.90. The number of rotatable bonds is 6. The van der Waals surface area contributed by atoms with E-state index < -0.39 is 0 Å². The summed E-state index contributed by atoms with van der Waals surface area (Å²) in [6.07, 6.45) is 2.04. The molecular weight excluding hydrogens is 399 g/mol. The summed E-state index contributed by atoms with van der Waals surface area (Å²) >= 11 is 19.7. The molecule has 134 valence electrons. The Labute approximate surface area is 167 Å². The van der Waals surface area contributed by atoms with Crippen LogP contribution in [0.25, 0.3) is 0 Å². The van der Waals surface area contributed by atoms with E-state index in [4.69, 9.17) is 34.8 Å². The average Bonchev–Trinajstić information content (AvgIpc) is 2.59. The zero-order valence-electron chi connectivity index (χ0n) is 14.1. The van der Waals surface area contributed by atoms with Gasteiger partial charge in [-0.2, -0.15) is 0 Å². The molecule has 0 heterocycles. The van der Waals surface area contributed by atoms with Crippen molar-refractivity contribution in [2.24, 2.45) is 0 Å². The first kappa shape index (κ1) is 20.4. The standard InChI is InChI=1S/C18H19Cl3N2OS/c1-11(23(2)10-12-4-6-13(25-3)7-5-12)18(24)22-17-9-15(20)14(19)8-16(17)21/h4-9,11H,10H2,1-3H3,(H,22,24). The van der Waals surface area contributed by atoms with E-state index in [9.17, 15) is 4.79 Å². The zero-order valence-corrected chi connectivity index (χ0v) is 17.2. The van der Waals surface area contributed by atoms with Gasteiger partial charge in [0, 0.05) is 11.4 Å². The summed E-state index contributed by atoms with van der Waals surface area (Å²) in [6, 6.07) is 11.0. The fraction of sp³-hybridized carbons (Fsp3) is 0.278. The van der Waals surface area contributed by atoms with Crippen LogP contribution in [-0.2, 0) is 11.3 Å². The van der Waals surface area contributed by atoms with Gasteiger partial charge in [0.2, 0.25) is 5.91 Å². The molecule has 25 heavy (non-hydrogen) atoms. The smallest absolute Gasteiger partial charge is 0.241 e. The van der Waals surface area contributed by atoms with Crippen LogP contribution in [0, 0.1) is 0 Å². The number of nitrogens with zero attached hydrogens (tertiary/aromatic N) is 1. The van der Waals surface area contributed by atoms with Gasteiger partial charge in [-0.3, -0.25) is 9.69 Å². The van der Waals surface area contributed by atoms with Crippen LogP contribution in [0.2, 0.25) is 15.1 Å². The average molecular weight is 418 g/mol. The molecule has 0 bridgehead atoms. The zero-order chi connectivity index (χ0) is 18.6. The molecule has 0 aliphatic heterocycles. The number of benzene rings is 2. The topological polar surface area (TPSA) is 32.3 Å². The molecule has 1 amide bonds. The molecule has 0 saturated carbocycles. The SMILES string of the molecule is CSc1ccc(CN(C)C(C)C(=O)Nc2cc(Cl)c(Cl)cc2Cl)cc1. The number of carbonyl (C=O) groups is 1. The van der Waals surface area contributed by atoms with Crippen LogP contribution in [0.5, 0.6) is 0 Å². The highest BCUT2D eigenvalue weighted by Crippen LogP contribution is 2.32. The van der Waals surface area contributed by atoms with E-state index in [1.165, 1.54) is 11.0 Å². The molecule has 0 spiro atoms. The van der Waals surface area contributed by atoms with E-state index >= 15 is 0 Å². The molecule has 2 aromatic rings. The molecule has 7 heteroatoms. The largest absolute Gasteiger partial charge is 0.323 e. The maximum Gasteiger partial charge on any atom is 0.241 e. The Kier molecular flexibility index (Phi) is 7.47. The fourth-order valence-electron chi connectivity index (χ4n) is 2.21. The van der Waals surface area contributed by atoms with Crippen LogP contribution in [0.15, 0.2) is 41.3 Å². The molecule has 1 atom stereocenters. The molecule has 2 rings (SSSR count). The van der Waals surface area contributed by atoms with Crippen LogP contribution in [0.1, 0.15) is 12.5 Å². The Morgan fingerprint density at radius 2 is 1.72 bits per heavy atom. The quantitative estimate of drug-likeness (QED) is 0.474. The highest BCUT2D eigenvalue weighted by Gasteiger charge is 2.19. The van der Waals surface area contributed by atoms with Crippen molar-refractivity contribution in [2.45, 2.75) is 24.4 Å². The molecule has 0 fully saturated rings. The van der Waals surface area contributed by atoms with Crippen molar-refractivity contribution in [3.8, 4) is 0 Å². The van der Waals surface area contributed by atoms with Gasteiger partial charge in [0.25, 0.3) is 0 Å². The molecule has 1 unspecified atom stereocenters. The molecule has 3 nitrogen and oxygen atoms in total. The molecule has 0 radical (unpaired) electrons. The van der Waals surface area contributed by atoms with Crippen molar-refractivity contribution in [2.75, 3.05) is 18.6 Å². The number of hydrogen-bond acceptors (Lipinski definition) is 3. The minimum absolute atomic E-state index is 0.163. The number of halogens is 3. The predicted molar refractivity (Wildman–Crippen MR) is 109 cm³/mol. The Balaban J connectivity index is 2.02. The second-order valence-electron chi connectivity index (χ2n) is 5.67. The summed E-state index contributed by atoms with van der Waals surface area (Å²) in [5, 5.41) is 3.85. The summed E-state index contributed by atoms with van der Waals surface area (Å²) in [6.45, 7) is 2.51. The number of hydrogen-bond donors (Lipinski definition) is 1. The molecule has 0 aliphatic carbocycles. The van der Waals surface area contributed by atoms with Gasteiger partial charge < -0.3 is 5.32 Å². The maximum atomic E-state index is 12.5. The lowest BCUT2D eigenvalue weighted by Gasteiger charge is -2.24. The Hall–Kier alpha value is -0.910. The van der Waals surface area contributed by atoms with Crippen molar-refractivity contribution < 1.29 is 4.79 Å². The van der Waals surface area contributed by atoms with Crippen molar-refractivity contribution >= 4 is 58.2 Å². The summed E-state index contributed by atoms with van der Waals surface area (Å²) in [5.41, 5.74) is 1.60. The van der Waals surface area contributed by atoms with Crippen LogP contribution in [-0.4, -0.2) is 30.2 Å². The van der Waals surface area contributed by atoms with E-state index in [2.05, 4.69) is 29.6 Å². The predicted octanol–water partition coefficient (Wildman–Crippen LogP) is 5.83. The number of anilines is 1. The number of carbonyl (C=O) groups excluding carboxylic acids is 1. The van der Waals surface area contributed by atoms with E-state index in [1.54, 1.807) is 17.8 Å². The normalized spacial score (nSPS) is 12.3. The van der Waals surface area contributed by atoms with Gasteiger partial charge in [0.1, 0.15) is 0 Å². The number of amides is 1. The molecule has 0 aromatic heterocycles. The molecule has 2 aromatic carbocycles. The minimum atomic E-state index is -0.342. The molecule has 0 aliphatic rings. The van der Waals surface area contributed by atoms with Gasteiger partial charge in [0.15, 0.2) is 0 Å². The highest BCUT2D eigenvalue weighted by atomic mass is 35.5. The van der Waals surface area contributed by atoms with E-state index in [0.29, 0.717) is 27.3 Å². The fourth-order valence-corrected chi connectivity index (χ4v) is 3.21. The summed E-state index contributed by atoms with van der Waals surface area (Å²) < 4.78 is 0. The lowest BCUT2D eigenvalue weighted by Crippen LogP contribution is -2.39. The lowest BCUT2D eigenvalue weighted by atomic mass is 10.2. The van der Waals surface area contributed by atoms with E-state index in [1.807, 2.05) is 25.1 Å². The Morgan fingerprint density at radius 3 is 2.32 bits per heavy atom. The monoisotopic (exact) mass is 416 g/mol. The van der Waals surface area contributed by atoms with Crippen molar-refractivity contribution in [1.29, 1.82) is 0 Å². The Bertz CT molecular complexity index is 753. The highest BCUT2D eigenvalue weighted by molar-refractivity contribution is 7.98. The maximum absolute atomic E-state index is 12.5. The number of nitrogens with one attached hydrogen (secondary N) is 1. The lowest BCUT2D eigenvalue weighted by molar-refractivity contribution is -0.120. The first-order chi connectivity index (χ1) is 11.8. The third kappa shape index (κ3) is 5.53. The molecular formula is C18H19Cl3N2OS. The minimum Gasteiger partial charge on any atom is -0.323 e. The van der Waals surface area contributed by atoms with Crippen LogP contribution in [0.3, 0.4) is 0 Å². The number of thioether (sulfide) groups is 1. The van der Waals surface area contributed by atoms with Gasteiger partial charge in [-0.15, -0.1) is 11.8 Å². The van der Waals surface area contributed by atoms with Gasteiger partial charge in [0.05, 0.1) is 26.8 Å². The van der Waals surface area contributed by atoms with Gasteiger partial charge in [-0.05, 0) is 50.1 Å². The second kappa shape index (κ2) is 9.15. The summed E-state index contributed by atoms with van der Waals surface area (Å²) in [4.78, 5) is 15.7. The van der Waals surface area contributed by atoms with Crippen LogP contribution < -0.4 is 5.32 Å². The van der Waals surface area contributed by atoms with Crippen molar-refractivity contribution in [3.63, 3.8) is 0 Å². The van der Waals surface area contributed by atoms with Crippen LogP contribution in [0.4, 0.5) is 5.69 Å². The van der Waals surface area contributed by atoms with Gasteiger partial charge >= 0.3 is 0 Å². The first-order valence-corrected chi connectivity index (χ1v) is 9.96. The summed E-state index contributed by atoms with van der Waals surface area (Å²) in [5.74, 6) is -0.163. The van der Waals surface area contributed by atoms with Crippen molar-refractivity contribution in [3.05, 3.63) is 57.0 Å².